The molecular formula is C22H20ClN3O2. The van der Waals surface area contributed by atoms with Gasteiger partial charge in [-0.1, -0.05) is 41.9 Å². The van der Waals surface area contributed by atoms with E-state index >= 15 is 0 Å². The second kappa shape index (κ2) is 7.60. The van der Waals surface area contributed by atoms with E-state index in [9.17, 15) is 9.59 Å². The summed E-state index contributed by atoms with van der Waals surface area (Å²) in [5.74, 6) is -0.320. The largest absolute Gasteiger partial charge is 0.330 e. The van der Waals surface area contributed by atoms with Gasteiger partial charge in [-0.3, -0.25) is 9.59 Å². The second-order valence-electron chi connectivity index (χ2n) is 6.95. The zero-order chi connectivity index (χ0) is 19.7. The minimum Gasteiger partial charge on any atom is -0.330 e. The molecular weight excluding hydrogens is 374 g/mol. The Morgan fingerprint density at radius 1 is 1.11 bits per heavy atom. The molecule has 2 heterocycles. The lowest BCUT2D eigenvalue weighted by molar-refractivity contribution is 0.0726. The maximum atomic E-state index is 13.2. The van der Waals surface area contributed by atoms with Crippen molar-refractivity contribution in [1.29, 1.82) is 0 Å². The highest BCUT2D eigenvalue weighted by atomic mass is 35.5. The number of halogens is 1. The van der Waals surface area contributed by atoms with Crippen molar-refractivity contribution < 1.29 is 4.79 Å². The summed E-state index contributed by atoms with van der Waals surface area (Å²) < 4.78 is 1.61. The minimum absolute atomic E-state index is 0.0276. The molecule has 5 nitrogen and oxygen atoms in total. The predicted octanol–water partition coefficient (Wildman–Crippen LogP) is 4.17. The Morgan fingerprint density at radius 2 is 1.82 bits per heavy atom. The first-order valence-corrected chi connectivity index (χ1v) is 9.65. The molecule has 1 aliphatic heterocycles. The Labute approximate surface area is 168 Å². The van der Waals surface area contributed by atoms with Crippen LogP contribution in [0.5, 0.6) is 0 Å². The van der Waals surface area contributed by atoms with E-state index in [-0.39, 0.29) is 23.1 Å². The van der Waals surface area contributed by atoms with Crippen molar-refractivity contribution in [2.24, 2.45) is 0 Å². The predicted molar refractivity (Wildman–Crippen MR) is 109 cm³/mol. The van der Waals surface area contributed by atoms with Crippen LogP contribution in [-0.2, 0) is 0 Å². The number of likely N-dealkylation sites (tertiary alicyclic amines) is 1. The van der Waals surface area contributed by atoms with Gasteiger partial charge in [-0.15, -0.1) is 0 Å². The van der Waals surface area contributed by atoms with Crippen LogP contribution in [0.15, 0.2) is 65.5 Å². The molecule has 1 aliphatic rings. The molecule has 1 aromatic heterocycles. The summed E-state index contributed by atoms with van der Waals surface area (Å²) in [7, 11) is 0. The van der Waals surface area contributed by atoms with Crippen molar-refractivity contribution in [3.05, 3.63) is 92.9 Å². The first-order valence-electron chi connectivity index (χ1n) is 9.27. The molecule has 2 aromatic carbocycles. The normalized spacial score (nSPS) is 16.4. The second-order valence-corrected chi connectivity index (χ2v) is 7.39. The number of benzene rings is 2. The Bertz CT molecular complexity index is 1060. The lowest BCUT2D eigenvalue weighted by atomic mass is 10.0. The molecule has 0 saturated carbocycles. The summed E-state index contributed by atoms with van der Waals surface area (Å²) in [4.78, 5) is 27.6. The average molecular weight is 394 g/mol. The number of aryl methyl sites for hydroxylation is 1. The molecule has 6 heteroatoms. The van der Waals surface area contributed by atoms with Crippen LogP contribution in [0, 0.1) is 6.92 Å². The number of rotatable bonds is 3. The Morgan fingerprint density at radius 3 is 2.54 bits per heavy atom. The summed E-state index contributed by atoms with van der Waals surface area (Å²) >= 11 is 5.97. The van der Waals surface area contributed by atoms with Crippen LogP contribution >= 0.6 is 11.6 Å². The third-order valence-electron chi connectivity index (χ3n) is 5.08. The van der Waals surface area contributed by atoms with Crippen molar-refractivity contribution >= 4 is 17.5 Å². The molecule has 1 fully saturated rings. The zero-order valence-electron chi connectivity index (χ0n) is 15.5. The first kappa shape index (κ1) is 18.4. The Balaban J connectivity index is 1.72. The third-order valence-corrected chi connectivity index (χ3v) is 5.33. The summed E-state index contributed by atoms with van der Waals surface area (Å²) in [5, 5.41) is 5.03. The van der Waals surface area contributed by atoms with E-state index in [1.165, 1.54) is 6.07 Å². The lowest BCUT2D eigenvalue weighted by Gasteiger charge is -2.25. The summed E-state index contributed by atoms with van der Waals surface area (Å²) in [6.07, 6.45) is 1.79. The first-order chi connectivity index (χ1) is 13.5. The van der Waals surface area contributed by atoms with Gasteiger partial charge in [-0.2, -0.15) is 5.10 Å². The highest BCUT2D eigenvalue weighted by Crippen LogP contribution is 2.32. The highest BCUT2D eigenvalue weighted by molar-refractivity contribution is 6.30. The number of aromatic nitrogens is 2. The van der Waals surface area contributed by atoms with Crippen molar-refractivity contribution in [3.63, 3.8) is 0 Å². The van der Waals surface area contributed by atoms with E-state index in [1.54, 1.807) is 28.6 Å². The van der Waals surface area contributed by atoms with Crippen molar-refractivity contribution in [1.82, 2.24) is 14.7 Å². The molecule has 0 bridgehead atoms. The molecule has 3 aromatic rings. The molecule has 0 unspecified atom stereocenters. The van der Waals surface area contributed by atoms with Crippen LogP contribution in [0.2, 0.25) is 5.02 Å². The van der Waals surface area contributed by atoms with Crippen molar-refractivity contribution in [2.45, 2.75) is 25.8 Å². The fourth-order valence-corrected chi connectivity index (χ4v) is 3.83. The van der Waals surface area contributed by atoms with Gasteiger partial charge in [0.05, 0.1) is 11.7 Å². The van der Waals surface area contributed by atoms with E-state index < -0.39 is 0 Å². The SMILES string of the molecule is Cc1cc(=O)c(C(=O)N2CCC[C@@H]2c2ccccc2)nn1-c1ccc(Cl)cc1. The van der Waals surface area contributed by atoms with Crippen LogP contribution in [0.1, 0.15) is 40.6 Å². The van der Waals surface area contributed by atoms with Gasteiger partial charge < -0.3 is 4.90 Å². The molecule has 1 atom stereocenters. The molecule has 0 aliphatic carbocycles. The number of hydrogen-bond acceptors (Lipinski definition) is 3. The molecule has 142 valence electrons. The number of amides is 1. The number of carbonyl (C=O) groups excluding carboxylic acids is 1. The quantitative estimate of drug-likeness (QED) is 0.671. The Hall–Kier alpha value is -2.92. The topological polar surface area (TPSA) is 55.2 Å². The molecule has 0 N–H and O–H groups in total. The highest BCUT2D eigenvalue weighted by Gasteiger charge is 2.32. The standard InChI is InChI=1S/C22H20ClN3O2/c1-15-14-20(27)21(24-26(15)18-11-9-17(23)10-12-18)22(28)25-13-5-8-19(25)16-6-3-2-4-7-16/h2-4,6-7,9-12,14,19H,5,8,13H2,1H3/t19-/m1/s1. The maximum Gasteiger partial charge on any atom is 0.278 e. The molecule has 0 radical (unpaired) electrons. The van der Waals surface area contributed by atoms with Gasteiger partial charge in [0.15, 0.2) is 5.69 Å². The molecule has 0 spiro atoms. The minimum atomic E-state index is -0.355. The van der Waals surface area contributed by atoms with E-state index in [2.05, 4.69) is 5.10 Å². The van der Waals surface area contributed by atoms with Crippen LogP contribution in [0.3, 0.4) is 0 Å². The van der Waals surface area contributed by atoms with Gasteiger partial charge >= 0.3 is 0 Å². The van der Waals surface area contributed by atoms with Crippen molar-refractivity contribution in [2.75, 3.05) is 6.54 Å². The molecule has 28 heavy (non-hydrogen) atoms. The number of nitrogens with zero attached hydrogens (tertiary/aromatic N) is 3. The van der Waals surface area contributed by atoms with Crippen LogP contribution in [0.4, 0.5) is 0 Å². The van der Waals surface area contributed by atoms with Gasteiger partial charge in [0, 0.05) is 23.3 Å². The zero-order valence-corrected chi connectivity index (χ0v) is 16.3. The van der Waals surface area contributed by atoms with E-state index in [4.69, 9.17) is 11.6 Å². The Kier molecular flexibility index (Phi) is 5.01. The number of carbonyl (C=O) groups is 1. The van der Waals surface area contributed by atoms with Gasteiger partial charge in [-0.05, 0) is 49.6 Å². The fraction of sp³-hybridized carbons (Fsp3) is 0.227. The summed E-state index contributed by atoms with van der Waals surface area (Å²) in [5.41, 5.74) is 2.08. The fourth-order valence-electron chi connectivity index (χ4n) is 3.71. The van der Waals surface area contributed by atoms with Crippen LogP contribution < -0.4 is 5.43 Å². The smallest absolute Gasteiger partial charge is 0.278 e. The van der Waals surface area contributed by atoms with Gasteiger partial charge in [0.1, 0.15) is 0 Å². The van der Waals surface area contributed by atoms with Crippen LogP contribution in [0.25, 0.3) is 5.69 Å². The van der Waals surface area contributed by atoms with Crippen LogP contribution in [-0.4, -0.2) is 27.1 Å². The van der Waals surface area contributed by atoms with Gasteiger partial charge in [0.2, 0.25) is 5.43 Å². The summed E-state index contributed by atoms with van der Waals surface area (Å²) in [6, 6.07) is 18.5. The third kappa shape index (κ3) is 3.45. The molecule has 1 saturated heterocycles. The van der Waals surface area contributed by atoms with E-state index in [0.717, 1.165) is 24.1 Å². The average Bonchev–Trinajstić information content (AvgIpc) is 3.19. The van der Waals surface area contributed by atoms with E-state index in [0.29, 0.717) is 17.3 Å². The molecule has 4 rings (SSSR count). The van der Waals surface area contributed by atoms with E-state index in [1.807, 2.05) is 42.5 Å². The number of hydrogen-bond donors (Lipinski definition) is 0. The lowest BCUT2D eigenvalue weighted by Crippen LogP contribution is -2.36. The van der Waals surface area contributed by atoms with Gasteiger partial charge in [-0.25, -0.2) is 4.68 Å². The van der Waals surface area contributed by atoms with Crippen molar-refractivity contribution in [3.8, 4) is 5.69 Å². The van der Waals surface area contributed by atoms with Gasteiger partial charge in [0.25, 0.3) is 5.91 Å². The monoisotopic (exact) mass is 393 g/mol. The maximum absolute atomic E-state index is 13.2. The molecule has 1 amide bonds. The summed E-state index contributed by atoms with van der Waals surface area (Å²) in [6.45, 7) is 2.41.